The Morgan fingerprint density at radius 2 is 1.79 bits per heavy atom. The minimum Gasteiger partial charge on any atom is -0.277 e. The van der Waals surface area contributed by atoms with Crippen LogP contribution in [0, 0.1) is 0 Å². The predicted molar refractivity (Wildman–Crippen MR) is 91.5 cm³/mol. The number of benzene rings is 2. The summed E-state index contributed by atoms with van der Waals surface area (Å²) in [6, 6.07) is 12.0. The van der Waals surface area contributed by atoms with Crippen molar-refractivity contribution in [2.24, 2.45) is 0 Å². The van der Waals surface area contributed by atoms with Gasteiger partial charge in [-0.2, -0.15) is 5.10 Å². The van der Waals surface area contributed by atoms with Crippen LogP contribution in [-0.2, 0) is 11.2 Å². The summed E-state index contributed by atoms with van der Waals surface area (Å²) in [6.07, 6.45) is -0.0454. The second-order valence-corrected chi connectivity index (χ2v) is 6.11. The molecule has 8 heteroatoms. The van der Waals surface area contributed by atoms with Gasteiger partial charge in [0.25, 0.3) is 0 Å². The lowest BCUT2D eigenvalue weighted by Gasteiger charge is -2.24. The van der Waals surface area contributed by atoms with Crippen molar-refractivity contribution in [1.82, 2.24) is 14.8 Å². The molecule has 120 valence electrons. The Balaban J connectivity index is 2.05. The largest absolute Gasteiger partial charge is 0.348 e. The number of carbonyl (C=O) groups excluding carboxylic acids is 1. The second-order valence-electron chi connectivity index (χ2n) is 5.27. The number of H-pyrrole nitrogens is 1. The first-order valence-electron chi connectivity index (χ1n) is 7.10. The lowest BCUT2D eigenvalue weighted by Crippen LogP contribution is -2.27. The number of anilines is 2. The predicted octanol–water partition coefficient (Wildman–Crippen LogP) is 3.09. The first-order valence-corrected chi connectivity index (χ1v) is 7.85. The number of para-hydroxylation sites is 1. The summed E-state index contributed by atoms with van der Waals surface area (Å²) in [5.41, 5.74) is 1.10. The number of nitrogens with one attached hydrogen (secondary N) is 1. The van der Waals surface area contributed by atoms with Crippen LogP contribution in [0.2, 0.25) is 10.0 Å². The van der Waals surface area contributed by atoms with Crippen LogP contribution in [0.3, 0.4) is 0 Å². The van der Waals surface area contributed by atoms with Crippen LogP contribution in [0.5, 0.6) is 0 Å². The Morgan fingerprint density at radius 3 is 2.58 bits per heavy atom. The van der Waals surface area contributed by atoms with Crippen molar-refractivity contribution in [1.29, 1.82) is 0 Å². The molecule has 0 saturated heterocycles. The van der Waals surface area contributed by atoms with Crippen LogP contribution in [-0.4, -0.2) is 20.7 Å². The summed E-state index contributed by atoms with van der Waals surface area (Å²) in [4.78, 5) is 26.5. The molecule has 2 heterocycles. The average molecular weight is 361 g/mol. The van der Waals surface area contributed by atoms with Gasteiger partial charge < -0.3 is 0 Å². The van der Waals surface area contributed by atoms with Gasteiger partial charge in [0.2, 0.25) is 5.91 Å². The monoisotopic (exact) mass is 360 g/mol. The van der Waals surface area contributed by atoms with Crippen molar-refractivity contribution in [3.05, 3.63) is 68.8 Å². The van der Waals surface area contributed by atoms with Gasteiger partial charge >= 0.3 is 5.69 Å². The van der Waals surface area contributed by atoms with Gasteiger partial charge in [0, 0.05) is 5.02 Å². The topological polar surface area (TPSA) is 71.0 Å². The van der Waals surface area contributed by atoms with E-state index in [0.717, 1.165) is 0 Å². The molecule has 0 atom stereocenters. The number of aromatic amines is 1. The maximum absolute atomic E-state index is 12.9. The van der Waals surface area contributed by atoms with E-state index in [1.807, 2.05) is 0 Å². The third-order valence-electron chi connectivity index (χ3n) is 3.81. The molecule has 1 aliphatic rings. The highest BCUT2D eigenvalue weighted by atomic mass is 35.5. The molecule has 0 bridgehead atoms. The first-order chi connectivity index (χ1) is 11.6. The highest BCUT2D eigenvalue weighted by Crippen LogP contribution is 2.38. The maximum atomic E-state index is 12.9. The molecule has 0 saturated carbocycles. The lowest BCUT2D eigenvalue weighted by molar-refractivity contribution is -0.117. The standard InChI is InChI=1S/C16H10Cl2N4O2/c17-9-5-6-12-13(7-9)21(11-4-2-1-3-10(11)18)15(23)8-14-19-20-16(24)22(12)14/h1-7H,8H2,(H,20,24). The van der Waals surface area contributed by atoms with Crippen molar-refractivity contribution >= 4 is 40.5 Å². The Hall–Kier alpha value is -2.57. The highest BCUT2D eigenvalue weighted by molar-refractivity contribution is 6.34. The van der Waals surface area contributed by atoms with Gasteiger partial charge in [-0.15, -0.1) is 0 Å². The van der Waals surface area contributed by atoms with Crippen LogP contribution < -0.4 is 10.6 Å². The number of hydrogen-bond donors (Lipinski definition) is 1. The van der Waals surface area contributed by atoms with Crippen LogP contribution in [0.15, 0.2) is 47.3 Å². The number of carbonyl (C=O) groups is 1. The van der Waals surface area contributed by atoms with Gasteiger partial charge in [-0.1, -0.05) is 35.3 Å². The summed E-state index contributed by atoms with van der Waals surface area (Å²) < 4.78 is 1.38. The van der Waals surface area contributed by atoms with E-state index in [-0.39, 0.29) is 12.3 Å². The van der Waals surface area contributed by atoms with E-state index in [0.29, 0.717) is 32.9 Å². The van der Waals surface area contributed by atoms with Crippen LogP contribution in [0.25, 0.3) is 5.69 Å². The zero-order chi connectivity index (χ0) is 16.8. The molecule has 0 unspecified atom stereocenters. The molecular weight excluding hydrogens is 351 g/mol. The van der Waals surface area contributed by atoms with E-state index in [1.54, 1.807) is 42.5 Å². The quantitative estimate of drug-likeness (QED) is 0.724. The molecule has 0 radical (unpaired) electrons. The van der Waals surface area contributed by atoms with Gasteiger partial charge in [0.1, 0.15) is 5.82 Å². The molecule has 3 aromatic rings. The number of rotatable bonds is 1. The molecule has 0 fully saturated rings. The number of halogens is 2. The summed E-state index contributed by atoms with van der Waals surface area (Å²) >= 11 is 12.4. The summed E-state index contributed by atoms with van der Waals surface area (Å²) in [5.74, 6) is 0.0764. The zero-order valence-electron chi connectivity index (χ0n) is 12.2. The smallest absolute Gasteiger partial charge is 0.277 e. The summed E-state index contributed by atoms with van der Waals surface area (Å²) in [6.45, 7) is 0. The minimum atomic E-state index is -0.414. The second kappa shape index (κ2) is 5.51. The van der Waals surface area contributed by atoms with Crippen LogP contribution in [0.1, 0.15) is 5.82 Å². The summed E-state index contributed by atoms with van der Waals surface area (Å²) in [7, 11) is 0. The van der Waals surface area contributed by atoms with Crippen LogP contribution in [0.4, 0.5) is 11.4 Å². The fraction of sp³-hybridized carbons (Fsp3) is 0.0625. The molecule has 24 heavy (non-hydrogen) atoms. The minimum absolute atomic E-state index is 0.0454. The number of aromatic nitrogens is 3. The van der Waals surface area contributed by atoms with E-state index in [1.165, 1.54) is 9.47 Å². The normalized spacial score (nSPS) is 13.4. The molecule has 0 spiro atoms. The molecule has 4 rings (SSSR count). The van der Waals surface area contributed by atoms with E-state index in [2.05, 4.69) is 10.2 Å². The fourth-order valence-corrected chi connectivity index (χ4v) is 3.19. The highest BCUT2D eigenvalue weighted by Gasteiger charge is 2.30. The fourth-order valence-electron chi connectivity index (χ4n) is 2.81. The Kier molecular flexibility index (Phi) is 3.44. The third-order valence-corrected chi connectivity index (χ3v) is 4.37. The number of hydrogen-bond acceptors (Lipinski definition) is 3. The molecule has 1 N–H and O–H groups in total. The average Bonchev–Trinajstić information content (AvgIpc) is 2.85. The third kappa shape index (κ3) is 2.23. The SMILES string of the molecule is O=C1Cc2n[nH]c(=O)n2-c2ccc(Cl)cc2N1c1ccccc1Cl. The van der Waals surface area contributed by atoms with Crippen molar-refractivity contribution in [3.8, 4) is 5.69 Å². The Labute approximate surface area is 146 Å². The van der Waals surface area contributed by atoms with E-state index in [4.69, 9.17) is 23.2 Å². The maximum Gasteiger partial charge on any atom is 0.348 e. The number of fused-ring (bicyclic) bond motifs is 3. The van der Waals surface area contributed by atoms with E-state index >= 15 is 0 Å². The van der Waals surface area contributed by atoms with Crippen molar-refractivity contribution in [2.45, 2.75) is 6.42 Å². The van der Waals surface area contributed by atoms with Gasteiger partial charge in [-0.25, -0.2) is 14.5 Å². The van der Waals surface area contributed by atoms with Gasteiger partial charge in [-0.3, -0.25) is 9.69 Å². The molecular formula is C16H10Cl2N4O2. The van der Waals surface area contributed by atoms with E-state index < -0.39 is 5.69 Å². The van der Waals surface area contributed by atoms with Crippen LogP contribution >= 0.6 is 23.2 Å². The van der Waals surface area contributed by atoms with E-state index in [9.17, 15) is 9.59 Å². The van der Waals surface area contributed by atoms with Gasteiger partial charge in [-0.05, 0) is 30.3 Å². The van der Waals surface area contributed by atoms with Crippen molar-refractivity contribution in [2.75, 3.05) is 4.90 Å². The molecule has 2 aromatic carbocycles. The van der Waals surface area contributed by atoms with Crippen molar-refractivity contribution in [3.63, 3.8) is 0 Å². The first kappa shape index (κ1) is 15.0. The zero-order valence-corrected chi connectivity index (χ0v) is 13.7. The molecule has 6 nitrogen and oxygen atoms in total. The number of nitrogens with zero attached hydrogens (tertiary/aromatic N) is 3. The lowest BCUT2D eigenvalue weighted by atomic mass is 10.2. The number of amides is 1. The molecule has 1 amide bonds. The van der Waals surface area contributed by atoms with Gasteiger partial charge in [0.15, 0.2) is 0 Å². The molecule has 1 aliphatic heterocycles. The Morgan fingerprint density at radius 1 is 1.00 bits per heavy atom. The van der Waals surface area contributed by atoms with Crippen molar-refractivity contribution < 1.29 is 4.79 Å². The molecule has 0 aliphatic carbocycles. The summed E-state index contributed by atoms with van der Waals surface area (Å²) in [5, 5.41) is 7.19. The Bertz CT molecular complexity index is 1020. The molecule has 1 aromatic heterocycles. The van der Waals surface area contributed by atoms with Gasteiger partial charge in [0.05, 0.1) is 28.5 Å².